The summed E-state index contributed by atoms with van der Waals surface area (Å²) in [6, 6.07) is 3.06. The van der Waals surface area contributed by atoms with Crippen molar-refractivity contribution in [2.45, 2.75) is 19.3 Å². The van der Waals surface area contributed by atoms with Crippen LogP contribution in [-0.2, 0) is 0 Å². The van der Waals surface area contributed by atoms with Crippen LogP contribution in [0.25, 0.3) is 11.0 Å². The van der Waals surface area contributed by atoms with E-state index >= 15 is 0 Å². The number of thioether (sulfide) groups is 1. The van der Waals surface area contributed by atoms with E-state index in [1.807, 2.05) is 11.8 Å². The summed E-state index contributed by atoms with van der Waals surface area (Å²) in [6.07, 6.45) is 5.50. The van der Waals surface area contributed by atoms with E-state index in [4.69, 9.17) is 0 Å². The van der Waals surface area contributed by atoms with Gasteiger partial charge in [-0.15, -0.1) is 0 Å². The number of unbranched alkanes of at least 4 members (excludes halogenated alkanes) is 2. The molecule has 20 heavy (non-hydrogen) atoms. The maximum Gasteiger partial charge on any atom is 0.300 e. The normalized spacial score (nSPS) is 10.8. The highest BCUT2D eigenvalue weighted by Crippen LogP contribution is 2.28. The van der Waals surface area contributed by atoms with Crippen LogP contribution < -0.4 is 5.32 Å². The highest BCUT2D eigenvalue weighted by Gasteiger charge is 2.19. The van der Waals surface area contributed by atoms with Crippen LogP contribution in [0.1, 0.15) is 19.3 Å². The van der Waals surface area contributed by atoms with Crippen LogP contribution in [0.4, 0.5) is 11.4 Å². The lowest BCUT2D eigenvalue weighted by Gasteiger charge is -2.06. The lowest BCUT2D eigenvalue weighted by atomic mass is 10.2. The van der Waals surface area contributed by atoms with Crippen LogP contribution in [-0.4, -0.2) is 33.8 Å². The fourth-order valence-electron chi connectivity index (χ4n) is 1.91. The van der Waals surface area contributed by atoms with Gasteiger partial charge in [-0.3, -0.25) is 10.1 Å². The molecule has 1 aromatic carbocycles. The van der Waals surface area contributed by atoms with Crippen LogP contribution in [0, 0.1) is 10.1 Å². The van der Waals surface area contributed by atoms with Crippen molar-refractivity contribution in [1.29, 1.82) is 0 Å². The number of nitrogens with zero attached hydrogens (tertiary/aromatic N) is 3. The van der Waals surface area contributed by atoms with Gasteiger partial charge in [-0.05, 0) is 41.2 Å². The monoisotopic (exact) mass is 296 g/mol. The van der Waals surface area contributed by atoms with Crippen LogP contribution in [0.15, 0.2) is 16.8 Å². The molecule has 2 aromatic rings. The molecule has 8 heteroatoms. The van der Waals surface area contributed by atoms with Crippen molar-refractivity contribution in [2.24, 2.45) is 0 Å². The van der Waals surface area contributed by atoms with Crippen LogP contribution >= 0.6 is 11.8 Å². The van der Waals surface area contributed by atoms with Gasteiger partial charge in [0.1, 0.15) is 0 Å². The van der Waals surface area contributed by atoms with Crippen molar-refractivity contribution in [3.05, 3.63) is 22.2 Å². The number of hydrogen-bond acceptors (Lipinski definition) is 7. The third kappa shape index (κ3) is 3.38. The summed E-state index contributed by atoms with van der Waals surface area (Å²) in [5.41, 5.74) is 1.22. The van der Waals surface area contributed by atoms with Crippen molar-refractivity contribution in [3.8, 4) is 0 Å². The summed E-state index contributed by atoms with van der Waals surface area (Å²) in [5, 5.41) is 21.4. The summed E-state index contributed by atoms with van der Waals surface area (Å²) < 4.78 is 4.61. The zero-order chi connectivity index (χ0) is 14.4. The highest BCUT2D eigenvalue weighted by atomic mass is 32.2. The number of benzene rings is 1. The van der Waals surface area contributed by atoms with Crippen molar-refractivity contribution in [2.75, 3.05) is 23.9 Å². The highest BCUT2D eigenvalue weighted by molar-refractivity contribution is 7.98. The first-order valence-electron chi connectivity index (χ1n) is 6.36. The Morgan fingerprint density at radius 1 is 1.30 bits per heavy atom. The van der Waals surface area contributed by atoms with Gasteiger partial charge in [0.2, 0.25) is 5.52 Å². The van der Waals surface area contributed by atoms with Gasteiger partial charge >= 0.3 is 5.69 Å². The van der Waals surface area contributed by atoms with Gasteiger partial charge in [0.15, 0.2) is 5.52 Å². The third-order valence-corrected chi connectivity index (χ3v) is 3.63. The molecular weight excluding hydrogens is 280 g/mol. The Balaban J connectivity index is 1.99. The molecule has 2 rings (SSSR count). The second-order valence-electron chi connectivity index (χ2n) is 4.33. The smallest absolute Gasteiger partial charge is 0.300 e. The first-order valence-corrected chi connectivity index (χ1v) is 7.76. The Morgan fingerprint density at radius 2 is 2.10 bits per heavy atom. The zero-order valence-electron chi connectivity index (χ0n) is 11.2. The molecule has 1 N–H and O–H groups in total. The van der Waals surface area contributed by atoms with Crippen LogP contribution in [0.5, 0.6) is 0 Å². The SMILES string of the molecule is CSCCCCCNc1ccc([N+](=O)[O-])c2nonc12. The number of rotatable bonds is 8. The summed E-state index contributed by atoms with van der Waals surface area (Å²) >= 11 is 1.85. The fourth-order valence-corrected chi connectivity index (χ4v) is 2.41. The number of nitro benzene ring substituents is 1. The molecule has 0 unspecified atom stereocenters. The Labute approximate surface area is 120 Å². The van der Waals surface area contributed by atoms with E-state index in [1.54, 1.807) is 6.07 Å². The van der Waals surface area contributed by atoms with Gasteiger partial charge in [-0.1, -0.05) is 6.42 Å². The minimum absolute atomic E-state index is 0.0910. The maximum atomic E-state index is 10.9. The van der Waals surface area contributed by atoms with E-state index in [0.29, 0.717) is 5.52 Å². The van der Waals surface area contributed by atoms with Gasteiger partial charge in [-0.2, -0.15) is 11.8 Å². The predicted octanol–water partition coefficient (Wildman–Crippen LogP) is 3.08. The van der Waals surface area contributed by atoms with E-state index in [2.05, 4.69) is 26.5 Å². The summed E-state index contributed by atoms with van der Waals surface area (Å²) in [6.45, 7) is 0.800. The molecule has 0 fully saturated rings. The molecule has 0 atom stereocenters. The average Bonchev–Trinajstić information content (AvgIpc) is 2.91. The van der Waals surface area contributed by atoms with Crippen molar-refractivity contribution >= 4 is 34.2 Å². The van der Waals surface area contributed by atoms with Gasteiger partial charge in [0, 0.05) is 12.6 Å². The maximum absolute atomic E-state index is 10.9. The number of fused-ring (bicyclic) bond motifs is 1. The summed E-state index contributed by atoms with van der Waals surface area (Å²) in [7, 11) is 0. The van der Waals surface area contributed by atoms with Crippen molar-refractivity contribution in [1.82, 2.24) is 10.3 Å². The van der Waals surface area contributed by atoms with Crippen molar-refractivity contribution in [3.63, 3.8) is 0 Å². The molecule has 1 heterocycles. The second-order valence-corrected chi connectivity index (χ2v) is 5.32. The van der Waals surface area contributed by atoms with Gasteiger partial charge < -0.3 is 5.32 Å². The van der Waals surface area contributed by atoms with E-state index in [9.17, 15) is 10.1 Å². The minimum atomic E-state index is -0.487. The molecule has 108 valence electrons. The molecule has 0 saturated carbocycles. The molecule has 0 aliphatic carbocycles. The molecule has 0 aliphatic heterocycles. The molecule has 1 aromatic heterocycles. The molecule has 0 saturated heterocycles. The number of nitro groups is 1. The fraction of sp³-hybridized carbons (Fsp3) is 0.500. The summed E-state index contributed by atoms with van der Waals surface area (Å²) in [4.78, 5) is 10.4. The lowest BCUT2D eigenvalue weighted by molar-refractivity contribution is -0.383. The average molecular weight is 296 g/mol. The van der Waals surface area contributed by atoms with E-state index in [-0.39, 0.29) is 11.2 Å². The summed E-state index contributed by atoms with van der Waals surface area (Å²) in [5.74, 6) is 1.18. The van der Waals surface area contributed by atoms with E-state index < -0.39 is 4.92 Å². The zero-order valence-corrected chi connectivity index (χ0v) is 12.0. The Bertz CT molecular complexity index is 587. The molecule has 0 bridgehead atoms. The second kappa shape index (κ2) is 7.09. The first kappa shape index (κ1) is 14.6. The largest absolute Gasteiger partial charge is 0.383 e. The van der Waals surface area contributed by atoms with Gasteiger partial charge in [0.25, 0.3) is 0 Å². The first-order chi connectivity index (χ1) is 9.74. The molecule has 0 radical (unpaired) electrons. The van der Waals surface area contributed by atoms with Gasteiger partial charge in [0.05, 0.1) is 10.6 Å². The van der Waals surface area contributed by atoms with Crippen LogP contribution in [0.2, 0.25) is 0 Å². The number of anilines is 1. The van der Waals surface area contributed by atoms with E-state index in [0.717, 1.165) is 25.1 Å². The number of nitrogens with one attached hydrogen (secondary N) is 1. The standard InChI is InChI=1S/C12H16N4O3S/c1-20-8-4-2-3-7-13-9-5-6-10(16(17)18)12-11(9)14-19-15-12/h5-6,13H,2-4,7-8H2,1H3. The quantitative estimate of drug-likeness (QED) is 0.454. The topological polar surface area (TPSA) is 94.1 Å². The van der Waals surface area contributed by atoms with E-state index in [1.165, 1.54) is 18.2 Å². The molecule has 0 spiro atoms. The number of aromatic nitrogens is 2. The Kier molecular flexibility index (Phi) is 5.16. The Hall–Kier alpha value is -1.83. The van der Waals surface area contributed by atoms with Crippen LogP contribution in [0.3, 0.4) is 0 Å². The van der Waals surface area contributed by atoms with Gasteiger partial charge in [-0.25, -0.2) is 4.63 Å². The molecule has 0 aliphatic rings. The predicted molar refractivity (Wildman–Crippen MR) is 79.2 cm³/mol. The van der Waals surface area contributed by atoms with Crippen molar-refractivity contribution < 1.29 is 9.55 Å². The minimum Gasteiger partial charge on any atom is -0.383 e. The molecular formula is C12H16N4O3S. The third-order valence-electron chi connectivity index (χ3n) is 2.93. The number of non-ortho nitro benzene ring substituents is 1. The molecule has 7 nitrogen and oxygen atoms in total. The Morgan fingerprint density at radius 3 is 2.85 bits per heavy atom. The molecule has 0 amide bonds. The number of hydrogen-bond donors (Lipinski definition) is 1. The lowest BCUT2D eigenvalue weighted by Crippen LogP contribution is -2.03.